The molecular weight excluding hydrogens is 362 g/mol. The van der Waals surface area contributed by atoms with Gasteiger partial charge in [0.25, 0.3) is 0 Å². The van der Waals surface area contributed by atoms with Gasteiger partial charge in [-0.25, -0.2) is 9.69 Å². The van der Waals surface area contributed by atoms with Crippen molar-refractivity contribution >= 4 is 29.2 Å². The summed E-state index contributed by atoms with van der Waals surface area (Å²) in [6, 6.07) is 11.0. The standard InChI is InChI=1S/C20H21N3O3S/c1-2-16-15-9-11-27-17(15)8-10-21(16)13-23-19(25)18(24)22(20(23)26)12-14-6-4-3-5-7-14/h3-7,9,11,16H,2,8,10,12-13H2,1H3/t16-/m1/s1. The Labute approximate surface area is 162 Å². The van der Waals surface area contributed by atoms with Crippen LogP contribution in [-0.2, 0) is 22.6 Å². The average Bonchev–Trinajstić information content (AvgIpc) is 3.24. The predicted octanol–water partition coefficient (Wildman–Crippen LogP) is 3.01. The average molecular weight is 383 g/mol. The molecule has 2 aliphatic rings. The smallest absolute Gasteiger partial charge is 0.278 e. The van der Waals surface area contributed by atoms with Crippen LogP contribution in [0.25, 0.3) is 0 Å². The van der Waals surface area contributed by atoms with Gasteiger partial charge in [-0.3, -0.25) is 19.4 Å². The Balaban J connectivity index is 1.51. The maximum absolute atomic E-state index is 12.8. The third-order valence-electron chi connectivity index (χ3n) is 5.23. The molecule has 2 aromatic rings. The number of carbonyl (C=O) groups excluding carboxylic acids is 3. The fourth-order valence-corrected chi connectivity index (χ4v) is 4.79. The van der Waals surface area contributed by atoms with E-state index in [1.54, 1.807) is 11.3 Å². The number of imide groups is 2. The summed E-state index contributed by atoms with van der Waals surface area (Å²) in [7, 11) is 0. The van der Waals surface area contributed by atoms with Gasteiger partial charge in [0.05, 0.1) is 13.2 Å². The summed E-state index contributed by atoms with van der Waals surface area (Å²) in [5.41, 5.74) is 2.10. The van der Waals surface area contributed by atoms with Gasteiger partial charge < -0.3 is 0 Å². The van der Waals surface area contributed by atoms with Crippen LogP contribution < -0.4 is 0 Å². The molecule has 3 heterocycles. The fraction of sp³-hybridized carbons (Fsp3) is 0.350. The summed E-state index contributed by atoms with van der Waals surface area (Å²) < 4.78 is 0. The first kappa shape index (κ1) is 17.9. The zero-order chi connectivity index (χ0) is 19.0. The molecule has 6 nitrogen and oxygen atoms in total. The third kappa shape index (κ3) is 3.17. The van der Waals surface area contributed by atoms with E-state index in [-0.39, 0.29) is 19.3 Å². The molecule has 0 bridgehead atoms. The van der Waals surface area contributed by atoms with Gasteiger partial charge in [0.2, 0.25) is 0 Å². The van der Waals surface area contributed by atoms with Crippen molar-refractivity contribution in [1.29, 1.82) is 0 Å². The summed E-state index contributed by atoms with van der Waals surface area (Å²) in [5.74, 6) is -1.48. The number of hydrogen-bond acceptors (Lipinski definition) is 5. The first-order chi connectivity index (χ1) is 13.1. The molecule has 1 aromatic heterocycles. The Bertz CT molecular complexity index is 880. The van der Waals surface area contributed by atoms with Crippen LogP contribution in [0.1, 0.15) is 35.4 Å². The first-order valence-electron chi connectivity index (χ1n) is 9.11. The molecule has 1 aromatic carbocycles. The summed E-state index contributed by atoms with van der Waals surface area (Å²) in [6.45, 7) is 3.15. The SMILES string of the molecule is CC[C@@H]1c2ccsc2CCN1CN1C(=O)C(=O)N(Cc2ccccc2)C1=O. The second-order valence-corrected chi connectivity index (χ2v) is 7.82. The van der Waals surface area contributed by atoms with E-state index in [0.29, 0.717) is 0 Å². The van der Waals surface area contributed by atoms with Crippen LogP contribution in [0.15, 0.2) is 41.8 Å². The largest absolute Gasteiger partial charge is 0.335 e. The Kier molecular flexibility index (Phi) is 4.80. The molecule has 1 atom stereocenters. The number of amides is 4. The van der Waals surface area contributed by atoms with Crippen LogP contribution in [0.5, 0.6) is 0 Å². The molecule has 0 saturated carbocycles. The molecule has 1 fully saturated rings. The highest BCUT2D eigenvalue weighted by atomic mass is 32.1. The van der Waals surface area contributed by atoms with E-state index < -0.39 is 17.8 Å². The van der Waals surface area contributed by atoms with E-state index in [0.717, 1.165) is 34.7 Å². The van der Waals surface area contributed by atoms with Gasteiger partial charge >= 0.3 is 17.8 Å². The van der Waals surface area contributed by atoms with Gasteiger partial charge in [0.15, 0.2) is 0 Å². The number of thiophene rings is 1. The van der Waals surface area contributed by atoms with Crippen LogP contribution >= 0.6 is 11.3 Å². The second-order valence-electron chi connectivity index (χ2n) is 6.82. The Hall–Kier alpha value is -2.51. The highest BCUT2D eigenvalue weighted by molar-refractivity contribution is 7.10. The number of nitrogens with zero attached hydrogens (tertiary/aromatic N) is 3. The van der Waals surface area contributed by atoms with Crippen molar-refractivity contribution in [3.8, 4) is 0 Å². The van der Waals surface area contributed by atoms with Gasteiger partial charge in [-0.1, -0.05) is 37.3 Å². The lowest BCUT2D eigenvalue weighted by Crippen LogP contribution is -2.45. The Morgan fingerprint density at radius 3 is 2.52 bits per heavy atom. The van der Waals surface area contributed by atoms with E-state index in [1.165, 1.54) is 10.4 Å². The highest BCUT2D eigenvalue weighted by Crippen LogP contribution is 2.35. The monoisotopic (exact) mass is 383 g/mol. The quantitative estimate of drug-likeness (QED) is 0.588. The number of rotatable bonds is 5. The fourth-order valence-electron chi connectivity index (χ4n) is 3.86. The third-order valence-corrected chi connectivity index (χ3v) is 6.23. The van der Waals surface area contributed by atoms with Crippen molar-refractivity contribution in [1.82, 2.24) is 14.7 Å². The van der Waals surface area contributed by atoms with Gasteiger partial charge in [-0.2, -0.15) is 0 Å². The number of hydrogen-bond donors (Lipinski definition) is 0. The summed E-state index contributed by atoms with van der Waals surface area (Å²) in [4.78, 5) is 43.3. The Morgan fingerprint density at radius 1 is 1.04 bits per heavy atom. The van der Waals surface area contributed by atoms with Gasteiger partial charge in [-0.05, 0) is 35.4 Å². The van der Waals surface area contributed by atoms with E-state index in [2.05, 4.69) is 23.3 Å². The normalized spacial score (nSPS) is 20.5. The molecule has 2 aliphatic heterocycles. The lowest BCUT2D eigenvalue weighted by atomic mass is 9.98. The minimum Gasteiger partial charge on any atom is -0.278 e. The minimum absolute atomic E-state index is 0.118. The van der Waals surface area contributed by atoms with Crippen molar-refractivity contribution < 1.29 is 14.4 Å². The summed E-state index contributed by atoms with van der Waals surface area (Å²) in [6.07, 6.45) is 1.79. The van der Waals surface area contributed by atoms with Crippen LogP contribution in [-0.4, -0.2) is 45.8 Å². The molecule has 0 N–H and O–H groups in total. The molecule has 4 rings (SSSR count). The zero-order valence-corrected chi connectivity index (χ0v) is 15.9. The van der Waals surface area contributed by atoms with Crippen LogP contribution in [0.4, 0.5) is 4.79 Å². The lowest BCUT2D eigenvalue weighted by molar-refractivity contribution is -0.144. The lowest BCUT2D eigenvalue weighted by Gasteiger charge is -2.36. The van der Waals surface area contributed by atoms with E-state index in [4.69, 9.17) is 0 Å². The predicted molar refractivity (Wildman–Crippen MR) is 102 cm³/mol. The number of urea groups is 1. The molecule has 27 heavy (non-hydrogen) atoms. The molecular formula is C20H21N3O3S. The van der Waals surface area contributed by atoms with Crippen LogP contribution in [0.2, 0.25) is 0 Å². The van der Waals surface area contributed by atoms with E-state index >= 15 is 0 Å². The summed E-state index contributed by atoms with van der Waals surface area (Å²) in [5, 5.41) is 2.09. The van der Waals surface area contributed by atoms with Crippen LogP contribution in [0, 0.1) is 0 Å². The first-order valence-corrected chi connectivity index (χ1v) is 9.99. The maximum atomic E-state index is 12.8. The number of carbonyl (C=O) groups is 3. The molecule has 140 valence electrons. The second kappa shape index (κ2) is 7.25. The molecule has 0 unspecified atom stereocenters. The van der Waals surface area contributed by atoms with Gasteiger partial charge in [-0.15, -0.1) is 11.3 Å². The van der Waals surface area contributed by atoms with E-state index in [1.807, 2.05) is 30.3 Å². The summed E-state index contributed by atoms with van der Waals surface area (Å²) >= 11 is 1.76. The Morgan fingerprint density at radius 2 is 1.78 bits per heavy atom. The van der Waals surface area contributed by atoms with Crippen LogP contribution in [0.3, 0.4) is 0 Å². The van der Waals surface area contributed by atoms with Crippen molar-refractivity contribution in [2.24, 2.45) is 0 Å². The van der Waals surface area contributed by atoms with Gasteiger partial charge in [0, 0.05) is 17.5 Å². The number of benzene rings is 1. The molecule has 7 heteroatoms. The highest BCUT2D eigenvalue weighted by Gasteiger charge is 2.45. The molecule has 4 amide bonds. The number of fused-ring (bicyclic) bond motifs is 1. The zero-order valence-electron chi connectivity index (χ0n) is 15.1. The van der Waals surface area contributed by atoms with Crippen molar-refractivity contribution in [2.75, 3.05) is 13.2 Å². The molecule has 0 radical (unpaired) electrons. The minimum atomic E-state index is -0.745. The molecule has 1 saturated heterocycles. The molecule has 0 spiro atoms. The topological polar surface area (TPSA) is 60.9 Å². The van der Waals surface area contributed by atoms with Crippen molar-refractivity contribution in [3.63, 3.8) is 0 Å². The maximum Gasteiger partial charge on any atom is 0.335 e. The van der Waals surface area contributed by atoms with Crippen molar-refractivity contribution in [2.45, 2.75) is 32.4 Å². The van der Waals surface area contributed by atoms with Gasteiger partial charge in [0.1, 0.15) is 0 Å². The molecule has 0 aliphatic carbocycles. The van der Waals surface area contributed by atoms with Crippen molar-refractivity contribution in [3.05, 3.63) is 57.8 Å². The van der Waals surface area contributed by atoms with E-state index in [9.17, 15) is 14.4 Å².